The molecular weight excluding hydrogens is 286 g/mol. The van der Waals surface area contributed by atoms with Crippen LogP contribution in [0.15, 0.2) is 33.4 Å². The van der Waals surface area contributed by atoms with E-state index in [2.05, 4.69) is 26.2 Å². The SMILES string of the molecule is Cc1cc(Br)ccc1NC(=O)c1coc(N)n1. The summed E-state index contributed by atoms with van der Waals surface area (Å²) in [5, 5.41) is 2.73. The van der Waals surface area contributed by atoms with Crippen LogP contribution in [0.3, 0.4) is 0 Å². The van der Waals surface area contributed by atoms with Crippen molar-refractivity contribution in [1.29, 1.82) is 0 Å². The van der Waals surface area contributed by atoms with Gasteiger partial charge in [0.15, 0.2) is 5.69 Å². The second kappa shape index (κ2) is 4.58. The predicted molar refractivity (Wildman–Crippen MR) is 67.7 cm³/mol. The number of nitrogen functional groups attached to an aromatic ring is 1. The van der Waals surface area contributed by atoms with Gasteiger partial charge in [-0.25, -0.2) is 0 Å². The topological polar surface area (TPSA) is 81.2 Å². The van der Waals surface area contributed by atoms with Crippen molar-refractivity contribution in [2.24, 2.45) is 0 Å². The summed E-state index contributed by atoms with van der Waals surface area (Å²) in [5.74, 6) is -0.351. The fourth-order valence-corrected chi connectivity index (χ4v) is 1.82. The van der Waals surface area contributed by atoms with Crippen molar-refractivity contribution in [1.82, 2.24) is 4.98 Å². The number of nitrogens with one attached hydrogen (secondary N) is 1. The molecule has 0 aliphatic rings. The van der Waals surface area contributed by atoms with Crippen LogP contribution >= 0.6 is 15.9 Å². The van der Waals surface area contributed by atoms with E-state index in [1.165, 1.54) is 6.26 Å². The Labute approximate surface area is 106 Å². The number of benzene rings is 1. The Kier molecular flexibility index (Phi) is 3.14. The molecule has 17 heavy (non-hydrogen) atoms. The minimum Gasteiger partial charge on any atom is -0.431 e. The number of hydrogen-bond acceptors (Lipinski definition) is 4. The van der Waals surface area contributed by atoms with E-state index in [-0.39, 0.29) is 17.6 Å². The summed E-state index contributed by atoms with van der Waals surface area (Å²) in [6.45, 7) is 1.90. The van der Waals surface area contributed by atoms with Gasteiger partial charge in [-0.2, -0.15) is 4.98 Å². The highest BCUT2D eigenvalue weighted by atomic mass is 79.9. The Morgan fingerprint density at radius 2 is 2.29 bits per heavy atom. The average Bonchev–Trinajstić information content (AvgIpc) is 2.69. The molecule has 0 spiro atoms. The van der Waals surface area contributed by atoms with Crippen LogP contribution in [-0.2, 0) is 0 Å². The number of rotatable bonds is 2. The monoisotopic (exact) mass is 295 g/mol. The first-order valence-electron chi connectivity index (χ1n) is 4.85. The van der Waals surface area contributed by atoms with Crippen LogP contribution in [0.1, 0.15) is 16.1 Å². The van der Waals surface area contributed by atoms with E-state index in [1.807, 2.05) is 19.1 Å². The molecular formula is C11H10BrN3O2. The molecule has 0 aliphatic heterocycles. The number of halogens is 1. The zero-order valence-corrected chi connectivity index (χ0v) is 10.6. The average molecular weight is 296 g/mol. The van der Waals surface area contributed by atoms with Gasteiger partial charge in [0.2, 0.25) is 0 Å². The lowest BCUT2D eigenvalue weighted by molar-refractivity contribution is 0.102. The molecule has 0 atom stereocenters. The number of oxazole rings is 1. The van der Waals surface area contributed by atoms with E-state index in [0.29, 0.717) is 0 Å². The van der Waals surface area contributed by atoms with E-state index >= 15 is 0 Å². The van der Waals surface area contributed by atoms with Gasteiger partial charge in [0, 0.05) is 10.2 Å². The minimum atomic E-state index is -0.351. The van der Waals surface area contributed by atoms with Gasteiger partial charge in [0.1, 0.15) is 6.26 Å². The number of carbonyl (C=O) groups is 1. The van der Waals surface area contributed by atoms with Crippen LogP contribution in [0.2, 0.25) is 0 Å². The summed E-state index contributed by atoms with van der Waals surface area (Å²) in [7, 11) is 0. The molecule has 0 saturated heterocycles. The predicted octanol–water partition coefficient (Wildman–Crippen LogP) is 2.58. The van der Waals surface area contributed by atoms with Crippen molar-refractivity contribution in [2.45, 2.75) is 6.92 Å². The first kappa shape index (κ1) is 11.7. The molecule has 1 amide bonds. The number of amides is 1. The largest absolute Gasteiger partial charge is 0.431 e. The zero-order valence-electron chi connectivity index (χ0n) is 9.03. The van der Waals surface area contributed by atoms with Gasteiger partial charge in [-0.1, -0.05) is 15.9 Å². The van der Waals surface area contributed by atoms with Gasteiger partial charge >= 0.3 is 0 Å². The van der Waals surface area contributed by atoms with Gasteiger partial charge in [-0.15, -0.1) is 0 Å². The molecule has 6 heteroatoms. The zero-order chi connectivity index (χ0) is 12.4. The smallest absolute Gasteiger partial charge is 0.292 e. The Morgan fingerprint density at radius 1 is 1.53 bits per heavy atom. The van der Waals surface area contributed by atoms with Crippen molar-refractivity contribution >= 4 is 33.5 Å². The molecule has 5 nitrogen and oxygen atoms in total. The second-order valence-electron chi connectivity index (χ2n) is 3.48. The fourth-order valence-electron chi connectivity index (χ4n) is 1.35. The molecule has 3 N–H and O–H groups in total. The van der Waals surface area contributed by atoms with Crippen LogP contribution in [0.5, 0.6) is 0 Å². The standard InChI is InChI=1S/C11H10BrN3O2/c1-6-4-7(12)2-3-8(6)14-10(16)9-5-17-11(13)15-9/h2-5H,1H3,(H2,13,15)(H,14,16). The molecule has 0 radical (unpaired) electrons. The summed E-state index contributed by atoms with van der Waals surface area (Å²) in [6, 6.07) is 5.54. The number of carbonyl (C=O) groups excluding carboxylic acids is 1. The maximum atomic E-state index is 11.8. The van der Waals surface area contributed by atoms with Crippen molar-refractivity contribution in [3.63, 3.8) is 0 Å². The number of aryl methyl sites for hydroxylation is 1. The van der Waals surface area contributed by atoms with Crippen LogP contribution in [-0.4, -0.2) is 10.9 Å². The lowest BCUT2D eigenvalue weighted by Gasteiger charge is -2.06. The summed E-state index contributed by atoms with van der Waals surface area (Å²) in [5.41, 5.74) is 7.12. The highest BCUT2D eigenvalue weighted by molar-refractivity contribution is 9.10. The van der Waals surface area contributed by atoms with Crippen molar-refractivity contribution in [3.05, 3.63) is 40.2 Å². The Balaban J connectivity index is 2.18. The van der Waals surface area contributed by atoms with Gasteiger partial charge in [-0.05, 0) is 30.7 Å². The molecule has 1 aromatic carbocycles. The Bertz CT molecular complexity index is 566. The third kappa shape index (κ3) is 2.65. The molecule has 1 heterocycles. The fraction of sp³-hybridized carbons (Fsp3) is 0.0909. The lowest BCUT2D eigenvalue weighted by Crippen LogP contribution is -2.13. The maximum absolute atomic E-state index is 11.8. The summed E-state index contributed by atoms with van der Waals surface area (Å²) < 4.78 is 5.73. The molecule has 0 unspecified atom stereocenters. The first-order chi connectivity index (χ1) is 8.06. The number of hydrogen-bond donors (Lipinski definition) is 2. The van der Waals surface area contributed by atoms with Crippen molar-refractivity contribution < 1.29 is 9.21 Å². The quantitative estimate of drug-likeness (QED) is 0.892. The molecule has 0 saturated carbocycles. The molecule has 88 valence electrons. The van der Waals surface area contributed by atoms with Crippen molar-refractivity contribution in [2.75, 3.05) is 11.1 Å². The van der Waals surface area contributed by atoms with Crippen LogP contribution in [0.4, 0.5) is 11.7 Å². The van der Waals surface area contributed by atoms with E-state index in [9.17, 15) is 4.79 Å². The highest BCUT2D eigenvalue weighted by Gasteiger charge is 2.12. The van der Waals surface area contributed by atoms with E-state index in [1.54, 1.807) is 6.07 Å². The Hall–Kier alpha value is -1.82. The Morgan fingerprint density at radius 3 is 2.88 bits per heavy atom. The number of anilines is 2. The number of aromatic nitrogens is 1. The van der Waals surface area contributed by atoms with Crippen LogP contribution < -0.4 is 11.1 Å². The third-order valence-corrected chi connectivity index (χ3v) is 2.68. The normalized spacial score (nSPS) is 10.2. The summed E-state index contributed by atoms with van der Waals surface area (Å²) >= 11 is 3.35. The van der Waals surface area contributed by atoms with Crippen molar-refractivity contribution in [3.8, 4) is 0 Å². The van der Waals surface area contributed by atoms with E-state index in [4.69, 9.17) is 10.2 Å². The molecule has 1 aromatic heterocycles. The summed E-state index contributed by atoms with van der Waals surface area (Å²) in [6.07, 6.45) is 1.22. The molecule has 0 aliphatic carbocycles. The molecule has 0 bridgehead atoms. The first-order valence-corrected chi connectivity index (χ1v) is 5.64. The number of nitrogens with zero attached hydrogens (tertiary/aromatic N) is 1. The third-order valence-electron chi connectivity index (χ3n) is 2.19. The molecule has 2 rings (SSSR count). The minimum absolute atomic E-state index is 0.0253. The second-order valence-corrected chi connectivity index (χ2v) is 4.40. The molecule has 0 fully saturated rings. The number of nitrogens with two attached hydrogens (primary N) is 1. The lowest BCUT2D eigenvalue weighted by atomic mass is 10.2. The van der Waals surface area contributed by atoms with Crippen LogP contribution in [0.25, 0.3) is 0 Å². The van der Waals surface area contributed by atoms with Gasteiger partial charge in [0.25, 0.3) is 11.9 Å². The van der Waals surface area contributed by atoms with E-state index in [0.717, 1.165) is 15.7 Å². The van der Waals surface area contributed by atoms with Gasteiger partial charge in [-0.3, -0.25) is 4.79 Å². The van der Waals surface area contributed by atoms with E-state index < -0.39 is 0 Å². The summed E-state index contributed by atoms with van der Waals surface area (Å²) in [4.78, 5) is 15.5. The van der Waals surface area contributed by atoms with Gasteiger partial charge < -0.3 is 15.5 Å². The van der Waals surface area contributed by atoms with Gasteiger partial charge in [0.05, 0.1) is 0 Å². The van der Waals surface area contributed by atoms with Crippen LogP contribution in [0, 0.1) is 6.92 Å². The highest BCUT2D eigenvalue weighted by Crippen LogP contribution is 2.20. The molecule has 2 aromatic rings. The maximum Gasteiger partial charge on any atom is 0.292 e.